The molecule has 0 spiro atoms. The van der Waals surface area contributed by atoms with Crippen LogP contribution in [0.15, 0.2) is 52.0 Å². The average molecular weight is 430 g/mol. The van der Waals surface area contributed by atoms with Crippen molar-refractivity contribution >= 4 is 28.2 Å². The van der Waals surface area contributed by atoms with Crippen molar-refractivity contribution in [3.05, 3.63) is 74.2 Å². The predicted molar refractivity (Wildman–Crippen MR) is 118 cm³/mol. The van der Waals surface area contributed by atoms with Crippen LogP contribution in [-0.2, 0) is 28.3 Å². The maximum absolute atomic E-state index is 13.2. The molecule has 3 aromatic heterocycles. The summed E-state index contributed by atoms with van der Waals surface area (Å²) in [4.78, 5) is 30.3. The number of aromatic nitrogens is 2. The Morgan fingerprint density at radius 3 is 2.84 bits per heavy atom. The lowest BCUT2D eigenvalue weighted by molar-refractivity contribution is -0.172. The number of nitrogens with zero attached hydrogens (tertiary/aromatic N) is 2. The summed E-state index contributed by atoms with van der Waals surface area (Å²) in [5.74, 6) is -0.711. The van der Waals surface area contributed by atoms with E-state index in [1.807, 2.05) is 12.1 Å². The lowest BCUT2D eigenvalue weighted by Crippen LogP contribution is -2.44. The van der Waals surface area contributed by atoms with Crippen LogP contribution >= 0.6 is 11.3 Å². The quantitative estimate of drug-likeness (QED) is 0.431. The van der Waals surface area contributed by atoms with Crippen LogP contribution in [0.4, 0.5) is 0 Å². The third kappa shape index (κ3) is 2.50. The van der Waals surface area contributed by atoms with Gasteiger partial charge >= 0.3 is 5.97 Å². The molecule has 154 valence electrons. The predicted octanol–water partition coefficient (Wildman–Crippen LogP) is 3.81. The van der Waals surface area contributed by atoms with E-state index in [9.17, 15) is 14.7 Å². The van der Waals surface area contributed by atoms with Gasteiger partial charge in [0, 0.05) is 16.5 Å². The number of ether oxygens (including phenoxy) is 1. The number of carbonyl (C=O) groups is 1. The molecule has 0 fully saturated rings. The number of rotatable bonds is 2. The molecule has 0 unspecified atom stereocenters. The number of thiophene rings is 1. The Hall–Kier alpha value is -3.29. The van der Waals surface area contributed by atoms with E-state index in [1.165, 1.54) is 5.56 Å². The van der Waals surface area contributed by atoms with Crippen molar-refractivity contribution in [1.29, 1.82) is 0 Å². The molecule has 31 heavy (non-hydrogen) atoms. The summed E-state index contributed by atoms with van der Waals surface area (Å²) in [6.07, 6.45) is 0.130. The third-order valence-corrected chi connectivity index (χ3v) is 7.05. The summed E-state index contributed by atoms with van der Waals surface area (Å²) in [6, 6.07) is 12.1. The van der Waals surface area contributed by atoms with Crippen molar-refractivity contribution < 1.29 is 14.6 Å². The molecule has 6 rings (SSSR count). The largest absolute Gasteiger partial charge is 0.458 e. The van der Waals surface area contributed by atoms with Gasteiger partial charge in [0.05, 0.1) is 29.0 Å². The first-order chi connectivity index (χ1) is 15.0. The SMILES string of the molecule is CC[C@@]1(O)C(=O)OCc2c1cc1n(c2=O)Cc2cc3cc(-c4ccsc4)ccc3nc2-1. The number of carbonyl (C=O) groups excluding carboxylic acids is 1. The topological polar surface area (TPSA) is 81.4 Å². The summed E-state index contributed by atoms with van der Waals surface area (Å²) < 4.78 is 6.78. The maximum Gasteiger partial charge on any atom is 0.343 e. The van der Waals surface area contributed by atoms with Crippen LogP contribution in [0.25, 0.3) is 33.4 Å². The van der Waals surface area contributed by atoms with Gasteiger partial charge in [-0.25, -0.2) is 9.78 Å². The summed E-state index contributed by atoms with van der Waals surface area (Å²) in [7, 11) is 0. The Labute approximate surface area is 181 Å². The molecule has 0 saturated heterocycles. The van der Waals surface area contributed by atoms with Gasteiger partial charge in [-0.15, -0.1) is 0 Å². The highest BCUT2D eigenvalue weighted by atomic mass is 32.1. The Bertz CT molecular complexity index is 1450. The van der Waals surface area contributed by atoms with Gasteiger partial charge in [-0.2, -0.15) is 11.3 Å². The van der Waals surface area contributed by atoms with Gasteiger partial charge in [0.25, 0.3) is 5.56 Å². The van der Waals surface area contributed by atoms with Crippen molar-refractivity contribution in [2.45, 2.75) is 32.1 Å². The van der Waals surface area contributed by atoms with E-state index >= 15 is 0 Å². The Kier molecular flexibility index (Phi) is 3.79. The van der Waals surface area contributed by atoms with Crippen molar-refractivity contribution in [1.82, 2.24) is 9.55 Å². The number of pyridine rings is 2. The first-order valence-corrected chi connectivity index (χ1v) is 11.1. The van der Waals surface area contributed by atoms with E-state index in [0.29, 0.717) is 29.1 Å². The second kappa shape index (κ2) is 6.35. The van der Waals surface area contributed by atoms with E-state index in [0.717, 1.165) is 22.0 Å². The second-order valence-corrected chi connectivity index (χ2v) is 8.80. The van der Waals surface area contributed by atoms with Crippen LogP contribution in [-0.4, -0.2) is 20.6 Å². The minimum Gasteiger partial charge on any atom is -0.458 e. The number of fused-ring (bicyclic) bond motifs is 5. The van der Waals surface area contributed by atoms with E-state index in [2.05, 4.69) is 29.0 Å². The zero-order chi connectivity index (χ0) is 21.3. The molecule has 5 heterocycles. The Morgan fingerprint density at radius 2 is 2.06 bits per heavy atom. The van der Waals surface area contributed by atoms with Crippen LogP contribution in [0.5, 0.6) is 0 Å². The summed E-state index contributed by atoms with van der Waals surface area (Å²) >= 11 is 1.66. The highest BCUT2D eigenvalue weighted by Gasteiger charge is 2.45. The van der Waals surface area contributed by atoms with Crippen molar-refractivity contribution in [2.75, 3.05) is 0 Å². The number of benzene rings is 1. The zero-order valence-corrected chi connectivity index (χ0v) is 17.5. The monoisotopic (exact) mass is 430 g/mol. The van der Waals surface area contributed by atoms with Crippen LogP contribution < -0.4 is 5.56 Å². The van der Waals surface area contributed by atoms with E-state index < -0.39 is 11.6 Å². The number of aliphatic hydroxyl groups is 1. The van der Waals surface area contributed by atoms with Crippen molar-refractivity contribution in [3.63, 3.8) is 0 Å². The Morgan fingerprint density at radius 1 is 1.19 bits per heavy atom. The molecule has 0 amide bonds. The first kappa shape index (κ1) is 18.5. The van der Waals surface area contributed by atoms with Crippen LogP contribution in [0.3, 0.4) is 0 Å². The molecular formula is C24H18N2O4S. The van der Waals surface area contributed by atoms with Crippen molar-refractivity contribution in [3.8, 4) is 22.5 Å². The molecule has 1 atom stereocenters. The zero-order valence-electron chi connectivity index (χ0n) is 16.7. The minimum atomic E-state index is -1.81. The fraction of sp³-hybridized carbons (Fsp3) is 0.208. The minimum absolute atomic E-state index is 0.120. The molecule has 1 aromatic carbocycles. The smallest absolute Gasteiger partial charge is 0.343 e. The van der Waals surface area contributed by atoms with Crippen LogP contribution in [0.1, 0.15) is 30.0 Å². The molecule has 2 aliphatic rings. The van der Waals surface area contributed by atoms with Gasteiger partial charge in [0.2, 0.25) is 0 Å². The lowest BCUT2D eigenvalue weighted by Gasteiger charge is -2.31. The van der Waals surface area contributed by atoms with E-state index in [4.69, 9.17) is 9.72 Å². The molecule has 1 N–H and O–H groups in total. The van der Waals surface area contributed by atoms with Gasteiger partial charge in [0.15, 0.2) is 5.60 Å². The van der Waals surface area contributed by atoms with E-state index in [-0.39, 0.29) is 18.6 Å². The van der Waals surface area contributed by atoms with Gasteiger partial charge in [0.1, 0.15) is 6.61 Å². The normalized spacial score (nSPS) is 19.1. The number of esters is 1. The molecule has 0 aliphatic carbocycles. The van der Waals surface area contributed by atoms with Gasteiger partial charge in [-0.05, 0) is 58.6 Å². The standard InChI is InChI=1S/C24H18N2O4S/c1-2-24(29)18-9-20-21-16(10-26(20)22(27)17(18)11-30-23(24)28)8-15-7-13(3-4-19(15)25-21)14-5-6-31-12-14/h3-9,12,29H,2,10-11H2,1H3/t24-/m0/s1. The highest BCUT2D eigenvalue weighted by molar-refractivity contribution is 7.08. The third-order valence-electron chi connectivity index (χ3n) is 6.36. The lowest BCUT2D eigenvalue weighted by atomic mass is 9.86. The fourth-order valence-electron chi connectivity index (χ4n) is 4.59. The molecule has 7 heteroatoms. The summed E-state index contributed by atoms with van der Waals surface area (Å²) in [5.41, 5.74) is 4.05. The first-order valence-electron chi connectivity index (χ1n) is 10.1. The number of hydrogen-bond donors (Lipinski definition) is 1. The van der Waals surface area contributed by atoms with Crippen LogP contribution in [0.2, 0.25) is 0 Å². The summed E-state index contributed by atoms with van der Waals surface area (Å²) in [5, 5.41) is 16.1. The Balaban J connectivity index is 1.55. The van der Waals surface area contributed by atoms with Crippen molar-refractivity contribution in [2.24, 2.45) is 0 Å². The van der Waals surface area contributed by atoms with Gasteiger partial charge in [-0.1, -0.05) is 13.0 Å². The number of cyclic esters (lactones) is 1. The summed E-state index contributed by atoms with van der Waals surface area (Å²) in [6.45, 7) is 1.98. The highest BCUT2D eigenvalue weighted by Crippen LogP contribution is 2.39. The molecular weight excluding hydrogens is 412 g/mol. The molecule has 0 saturated carbocycles. The van der Waals surface area contributed by atoms with Gasteiger partial charge < -0.3 is 14.4 Å². The fourth-order valence-corrected chi connectivity index (χ4v) is 5.26. The number of hydrogen-bond acceptors (Lipinski definition) is 6. The van der Waals surface area contributed by atoms with E-state index in [1.54, 1.807) is 28.9 Å². The molecule has 0 bridgehead atoms. The average Bonchev–Trinajstić information content (AvgIpc) is 3.43. The molecule has 2 aliphatic heterocycles. The second-order valence-electron chi connectivity index (χ2n) is 8.02. The van der Waals surface area contributed by atoms with Crippen LogP contribution in [0, 0.1) is 0 Å². The molecule has 0 radical (unpaired) electrons. The maximum atomic E-state index is 13.2. The molecule has 6 nitrogen and oxygen atoms in total. The van der Waals surface area contributed by atoms with Gasteiger partial charge in [-0.3, -0.25) is 4.79 Å². The molecule has 4 aromatic rings.